The molecule has 4 aromatic carbocycles. The highest BCUT2D eigenvalue weighted by Crippen LogP contribution is 2.56. The molecule has 2 atom stereocenters. The molecular weight excluding hydrogens is 796 g/mol. The Kier molecular flexibility index (Phi) is 11.0. The summed E-state index contributed by atoms with van der Waals surface area (Å²) in [6, 6.07) is 18.4. The second-order valence-corrected chi connectivity index (χ2v) is 15.9. The number of nitrogens with two attached hydrogens (primary N) is 1. The van der Waals surface area contributed by atoms with Crippen molar-refractivity contribution < 1.29 is 37.4 Å². The number of nitrogens with zero attached hydrogens (tertiary/aromatic N) is 3. The van der Waals surface area contributed by atoms with Gasteiger partial charge in [-0.2, -0.15) is 5.10 Å². The Labute approximate surface area is 349 Å². The van der Waals surface area contributed by atoms with Crippen LogP contribution in [-0.2, 0) is 28.8 Å². The first-order valence-electron chi connectivity index (χ1n) is 19.8. The van der Waals surface area contributed by atoms with E-state index in [-0.39, 0.29) is 83.0 Å². The number of amides is 5. The molecule has 2 unspecified atom stereocenters. The van der Waals surface area contributed by atoms with E-state index < -0.39 is 35.1 Å². The molecule has 1 saturated heterocycles. The van der Waals surface area contributed by atoms with Crippen molar-refractivity contribution in [2.75, 3.05) is 25.1 Å². The molecule has 13 nitrogen and oxygen atoms in total. The molecule has 8 rings (SSSR count). The summed E-state index contributed by atoms with van der Waals surface area (Å²) < 4.78 is 45.5. The molecule has 5 aromatic rings. The molecule has 1 aliphatic carbocycles. The largest absolute Gasteiger partial charge is 0.494 e. The zero-order valence-electron chi connectivity index (χ0n) is 33.2. The quantitative estimate of drug-likeness (QED) is 0.116. The minimum atomic E-state index is -1.10. The van der Waals surface area contributed by atoms with Crippen molar-refractivity contribution in [2.24, 2.45) is 18.7 Å². The first kappa shape index (κ1) is 40.7. The monoisotopic (exact) mass is 839 g/mol. The topological polar surface area (TPSA) is 170 Å². The van der Waals surface area contributed by atoms with Gasteiger partial charge in [-0.15, -0.1) is 0 Å². The molecule has 312 valence electrons. The van der Waals surface area contributed by atoms with Crippen LogP contribution in [0.3, 0.4) is 0 Å². The number of benzene rings is 4. The van der Waals surface area contributed by atoms with Gasteiger partial charge in [0.05, 0.1) is 23.2 Å². The molecule has 0 bridgehead atoms. The fraction of sp³-hybridized carbons (Fsp3) is 0.341. The summed E-state index contributed by atoms with van der Waals surface area (Å²) in [6.07, 6.45) is 2.86. The van der Waals surface area contributed by atoms with Crippen molar-refractivity contribution in [3.05, 3.63) is 106 Å². The van der Waals surface area contributed by atoms with E-state index >= 15 is 8.78 Å². The van der Waals surface area contributed by atoms with E-state index in [0.29, 0.717) is 37.1 Å². The first-order valence-corrected chi connectivity index (χ1v) is 20.2. The molecule has 3 aliphatic rings. The molecule has 60 heavy (non-hydrogen) atoms. The van der Waals surface area contributed by atoms with Gasteiger partial charge in [0.1, 0.15) is 11.6 Å². The van der Waals surface area contributed by atoms with E-state index in [1.165, 1.54) is 30.2 Å². The Morgan fingerprint density at radius 1 is 1.05 bits per heavy atom. The maximum atomic E-state index is 16.2. The molecule has 1 saturated carbocycles. The van der Waals surface area contributed by atoms with Crippen LogP contribution in [0, 0.1) is 17.6 Å². The third-order valence-corrected chi connectivity index (χ3v) is 12.6. The molecular formula is C44H44ClF2N7O6. The van der Waals surface area contributed by atoms with Crippen LogP contribution in [0.1, 0.15) is 72.0 Å². The van der Waals surface area contributed by atoms with Gasteiger partial charge in [0.15, 0.2) is 23.0 Å². The number of rotatable bonds is 11. The maximum absolute atomic E-state index is 16.2. The Morgan fingerprint density at radius 2 is 1.80 bits per heavy atom. The van der Waals surface area contributed by atoms with Gasteiger partial charge in [-0.1, -0.05) is 61.0 Å². The summed E-state index contributed by atoms with van der Waals surface area (Å²) in [7, 11) is 3.07. The Hall–Kier alpha value is -6.06. The Morgan fingerprint density at radius 3 is 2.50 bits per heavy atom. The third-order valence-electron chi connectivity index (χ3n) is 12.2. The number of hydrogen-bond donors (Lipinski definition) is 4. The van der Waals surface area contributed by atoms with Crippen LogP contribution >= 0.6 is 11.6 Å². The highest BCUT2D eigenvalue weighted by molar-refractivity contribution is 6.34. The maximum Gasteiger partial charge on any atom is 0.329 e. The number of aryl methyl sites for hydroxylation is 1. The zero-order chi connectivity index (χ0) is 42.5. The normalized spacial score (nSPS) is 21.4. The molecule has 1 aromatic heterocycles. The van der Waals surface area contributed by atoms with E-state index in [1.54, 1.807) is 11.7 Å². The fourth-order valence-electron chi connectivity index (χ4n) is 9.07. The summed E-state index contributed by atoms with van der Waals surface area (Å²) in [4.78, 5) is 51.9. The second kappa shape index (κ2) is 16.2. The van der Waals surface area contributed by atoms with Crippen LogP contribution in [0.4, 0.5) is 19.4 Å². The fourth-order valence-corrected chi connectivity index (χ4v) is 9.32. The highest BCUT2D eigenvalue weighted by Gasteiger charge is 2.50. The average Bonchev–Trinajstić information content (AvgIpc) is 3.73. The van der Waals surface area contributed by atoms with E-state index in [1.807, 2.05) is 55.5 Å². The summed E-state index contributed by atoms with van der Waals surface area (Å²) >= 11 is 6.66. The number of imide groups is 1. The number of aromatic nitrogens is 2. The number of carbonyl (C=O) groups is 4. The number of carbonyl (C=O) groups excluding carboxylic acids is 4. The highest BCUT2D eigenvalue weighted by atomic mass is 35.5. The predicted molar refractivity (Wildman–Crippen MR) is 221 cm³/mol. The number of para-hydroxylation sites is 1. The summed E-state index contributed by atoms with van der Waals surface area (Å²) in [6.45, 7) is 2.67. The van der Waals surface area contributed by atoms with Gasteiger partial charge in [-0.3, -0.25) is 29.3 Å². The van der Waals surface area contributed by atoms with Crippen molar-refractivity contribution >= 4 is 52.1 Å². The molecule has 3 heterocycles. The number of ether oxygens (including phenoxy) is 2. The summed E-state index contributed by atoms with van der Waals surface area (Å²) in [5, 5.41) is 14.1. The van der Waals surface area contributed by atoms with Crippen LogP contribution < -0.4 is 36.1 Å². The number of halogens is 3. The zero-order valence-corrected chi connectivity index (χ0v) is 34.0. The number of fused-ring (bicyclic) bond motifs is 2. The number of anilines is 1. The van der Waals surface area contributed by atoms with E-state index in [0.717, 1.165) is 22.0 Å². The summed E-state index contributed by atoms with van der Waals surface area (Å²) in [5.41, 5.74) is 6.97. The number of nitrogens with one attached hydrogen (secondary N) is 3. The van der Waals surface area contributed by atoms with Crippen molar-refractivity contribution in [3.63, 3.8) is 0 Å². The number of urea groups is 1. The standard InChI is InChI=1S/C44H44ClF2N7O6/c1-23-34-32(20-30(46)37(45)36(34)35-28(40(48)56)16-17-31(59-3)38(35)47)60-44(23,26-9-5-4-6-10-26)22-50-27-14-12-24(13-15-27)42(57)49-21-25-8-7-11-29-39(25)53(2)52-41(29)54-19-18-33(55)51-43(54)58/h4-11,16-17,20,23-24,27,50H,12-15,18-19,21-22H2,1-3H3,(H2,48,56)(H,49,57)(H,51,55,58). The molecule has 0 spiro atoms. The number of hydrogen-bond acceptors (Lipinski definition) is 8. The van der Waals surface area contributed by atoms with E-state index in [2.05, 4.69) is 21.0 Å². The molecule has 16 heteroatoms. The van der Waals surface area contributed by atoms with E-state index in [9.17, 15) is 19.2 Å². The van der Waals surface area contributed by atoms with Gasteiger partial charge in [-0.25, -0.2) is 13.6 Å². The second-order valence-electron chi connectivity index (χ2n) is 15.6. The van der Waals surface area contributed by atoms with Gasteiger partial charge in [0.25, 0.3) is 0 Å². The lowest BCUT2D eigenvalue weighted by molar-refractivity contribution is -0.126. The first-order chi connectivity index (χ1) is 28.8. The van der Waals surface area contributed by atoms with Gasteiger partial charge in [0, 0.05) is 79.1 Å². The van der Waals surface area contributed by atoms with Crippen LogP contribution in [0.5, 0.6) is 11.5 Å². The molecule has 0 radical (unpaired) electrons. The number of primary amides is 1. The third kappa shape index (κ3) is 7.08. The average molecular weight is 840 g/mol. The van der Waals surface area contributed by atoms with Gasteiger partial charge < -0.3 is 25.8 Å². The van der Waals surface area contributed by atoms with Crippen molar-refractivity contribution in [3.8, 4) is 22.6 Å². The van der Waals surface area contributed by atoms with Crippen molar-refractivity contribution in [1.82, 2.24) is 25.7 Å². The Balaban J connectivity index is 0.979. The minimum absolute atomic E-state index is 0.0233. The lowest BCUT2D eigenvalue weighted by Crippen LogP contribution is -2.49. The molecule has 5 N–H and O–H groups in total. The van der Waals surface area contributed by atoms with Gasteiger partial charge in [0.2, 0.25) is 17.7 Å². The van der Waals surface area contributed by atoms with Gasteiger partial charge >= 0.3 is 6.03 Å². The van der Waals surface area contributed by atoms with Crippen LogP contribution in [-0.4, -0.2) is 59.8 Å². The van der Waals surface area contributed by atoms with Crippen molar-refractivity contribution in [1.29, 1.82) is 0 Å². The SMILES string of the molecule is COc1ccc(C(N)=O)c(-c2c(Cl)c(F)cc3c2C(C)C(CNC2CCC(C(=O)NCc4cccc5c(N6CCC(=O)NC6=O)nn(C)c45)CC2)(c2ccccc2)O3)c1F. The smallest absolute Gasteiger partial charge is 0.329 e. The Bertz CT molecular complexity index is 2540. The molecule has 2 fully saturated rings. The lowest BCUT2D eigenvalue weighted by atomic mass is 9.77. The molecule has 2 aliphatic heterocycles. The minimum Gasteiger partial charge on any atom is -0.494 e. The summed E-state index contributed by atoms with van der Waals surface area (Å²) in [5.74, 6) is -3.36. The lowest BCUT2D eigenvalue weighted by Gasteiger charge is -2.37. The van der Waals surface area contributed by atoms with Crippen molar-refractivity contribution in [2.45, 2.75) is 63.1 Å². The van der Waals surface area contributed by atoms with Gasteiger partial charge in [-0.05, 0) is 55.0 Å². The predicted octanol–water partition coefficient (Wildman–Crippen LogP) is 6.58. The van der Waals surface area contributed by atoms with Crippen LogP contribution in [0.15, 0.2) is 66.7 Å². The number of methoxy groups -OCH3 is 1. The van der Waals surface area contributed by atoms with E-state index in [4.69, 9.17) is 26.8 Å². The van der Waals surface area contributed by atoms with Crippen LogP contribution in [0.25, 0.3) is 22.0 Å². The molecule has 5 amide bonds. The van der Waals surface area contributed by atoms with Crippen LogP contribution in [0.2, 0.25) is 5.02 Å².